The summed E-state index contributed by atoms with van der Waals surface area (Å²) in [6.07, 6.45) is 1.58. The maximum atomic E-state index is 12.6. The molecule has 2 aliphatic rings. The second-order valence-corrected chi connectivity index (χ2v) is 7.72. The molecular weight excluding hydrogens is 402 g/mol. The number of piperidine rings is 1. The Kier molecular flexibility index (Phi) is 5.47. The zero-order valence-electron chi connectivity index (χ0n) is 17.0. The van der Waals surface area contributed by atoms with Gasteiger partial charge in [0, 0.05) is 43.0 Å². The average Bonchev–Trinajstić information content (AvgIpc) is 3.10. The van der Waals surface area contributed by atoms with Gasteiger partial charge < -0.3 is 15.0 Å². The number of hydrazine groups is 1. The van der Waals surface area contributed by atoms with E-state index in [1.54, 1.807) is 43.5 Å². The number of urea groups is 1. The molecule has 2 aromatic rings. The van der Waals surface area contributed by atoms with Crippen molar-refractivity contribution in [2.45, 2.75) is 24.8 Å². The van der Waals surface area contributed by atoms with Gasteiger partial charge in [-0.2, -0.15) is 5.01 Å². The Labute approximate surface area is 178 Å². The molecule has 10 heteroatoms. The highest BCUT2D eigenvalue weighted by molar-refractivity contribution is 6.02. The first kappa shape index (κ1) is 20.6. The lowest BCUT2D eigenvalue weighted by atomic mass is 9.86. The highest BCUT2D eigenvalue weighted by Crippen LogP contribution is 2.34. The van der Waals surface area contributed by atoms with E-state index in [0.717, 1.165) is 10.7 Å². The maximum Gasteiger partial charge on any atom is 0.343 e. The average molecular weight is 425 g/mol. The number of imide groups is 1. The van der Waals surface area contributed by atoms with Crippen LogP contribution in [0.15, 0.2) is 48.5 Å². The number of methoxy groups -OCH3 is 1. The minimum absolute atomic E-state index is 0.0544. The Bertz CT molecular complexity index is 984. The molecule has 31 heavy (non-hydrogen) atoms. The monoisotopic (exact) mass is 425 g/mol. The molecule has 2 aliphatic heterocycles. The van der Waals surface area contributed by atoms with Crippen LogP contribution in [0.2, 0.25) is 0 Å². The number of ether oxygens (including phenoxy) is 1. The van der Waals surface area contributed by atoms with Gasteiger partial charge in [0.05, 0.1) is 17.6 Å². The number of carbonyl (C=O) groups excluding carboxylic acids is 2. The zero-order chi connectivity index (χ0) is 22.0. The third-order valence-corrected chi connectivity index (χ3v) is 5.78. The first-order valence-corrected chi connectivity index (χ1v) is 9.94. The van der Waals surface area contributed by atoms with Crippen molar-refractivity contribution in [2.24, 2.45) is 0 Å². The maximum absolute atomic E-state index is 12.6. The molecule has 10 nitrogen and oxygen atoms in total. The molecule has 0 aliphatic carbocycles. The van der Waals surface area contributed by atoms with Gasteiger partial charge in [0.2, 0.25) is 5.91 Å². The number of non-ortho nitro benzene ring substituents is 1. The van der Waals surface area contributed by atoms with Crippen LogP contribution >= 0.6 is 0 Å². The zero-order valence-corrected chi connectivity index (χ0v) is 17.0. The summed E-state index contributed by atoms with van der Waals surface area (Å²) in [6, 6.07) is 12.8. The van der Waals surface area contributed by atoms with Crippen LogP contribution in [0.5, 0.6) is 5.75 Å². The van der Waals surface area contributed by atoms with Crippen LogP contribution in [0.25, 0.3) is 0 Å². The van der Waals surface area contributed by atoms with E-state index in [-0.39, 0.29) is 18.0 Å². The predicted octanol–water partition coefficient (Wildman–Crippen LogP) is 2.91. The van der Waals surface area contributed by atoms with Gasteiger partial charge in [-0.3, -0.25) is 14.9 Å². The lowest BCUT2D eigenvalue weighted by Gasteiger charge is -2.40. The number of nitrogens with zero attached hydrogens (tertiary/aromatic N) is 3. The molecule has 0 bridgehead atoms. The van der Waals surface area contributed by atoms with Crippen molar-refractivity contribution in [1.82, 2.24) is 10.4 Å². The van der Waals surface area contributed by atoms with Crippen LogP contribution in [-0.2, 0) is 4.79 Å². The molecule has 0 aromatic heterocycles. The van der Waals surface area contributed by atoms with Crippen molar-refractivity contribution in [3.63, 3.8) is 0 Å². The third kappa shape index (κ3) is 4.29. The fourth-order valence-corrected chi connectivity index (χ4v) is 3.99. The molecule has 2 N–H and O–H groups in total. The summed E-state index contributed by atoms with van der Waals surface area (Å²) in [6.45, 7) is 1.35. The summed E-state index contributed by atoms with van der Waals surface area (Å²) >= 11 is 0. The van der Waals surface area contributed by atoms with Gasteiger partial charge in [-0.05, 0) is 49.2 Å². The van der Waals surface area contributed by atoms with E-state index in [0.29, 0.717) is 37.4 Å². The topological polar surface area (TPSA) is 117 Å². The van der Waals surface area contributed by atoms with Crippen LogP contribution in [0.3, 0.4) is 0 Å². The van der Waals surface area contributed by atoms with Gasteiger partial charge in [-0.15, -0.1) is 0 Å². The summed E-state index contributed by atoms with van der Waals surface area (Å²) in [5.41, 5.74) is 4.18. The lowest BCUT2D eigenvalue weighted by Crippen LogP contribution is -2.55. The van der Waals surface area contributed by atoms with Gasteiger partial charge in [0.1, 0.15) is 5.75 Å². The summed E-state index contributed by atoms with van der Waals surface area (Å²) < 4.78 is 5.10. The molecule has 2 aromatic carbocycles. The van der Waals surface area contributed by atoms with Crippen LogP contribution in [0.4, 0.5) is 21.9 Å². The predicted molar refractivity (Wildman–Crippen MR) is 114 cm³/mol. The van der Waals surface area contributed by atoms with Gasteiger partial charge >= 0.3 is 6.03 Å². The van der Waals surface area contributed by atoms with Gasteiger partial charge in [-0.1, -0.05) is 0 Å². The second kappa shape index (κ2) is 8.23. The normalized spacial score (nSPS) is 17.6. The molecule has 2 heterocycles. The minimum Gasteiger partial charge on any atom is -0.497 e. The molecule has 4 rings (SSSR count). The van der Waals surface area contributed by atoms with E-state index in [1.165, 1.54) is 12.1 Å². The summed E-state index contributed by atoms with van der Waals surface area (Å²) in [5.74, 6) is 0.405. The van der Waals surface area contributed by atoms with Crippen molar-refractivity contribution in [3.05, 3.63) is 58.6 Å². The fourth-order valence-electron chi connectivity index (χ4n) is 3.99. The Morgan fingerprint density at radius 1 is 1.13 bits per heavy atom. The number of nitro benzene ring substituents is 1. The van der Waals surface area contributed by atoms with Crippen molar-refractivity contribution in [2.75, 3.05) is 30.4 Å². The fraction of sp³-hybridized carbons (Fsp3) is 0.333. The van der Waals surface area contributed by atoms with E-state index in [9.17, 15) is 19.7 Å². The van der Waals surface area contributed by atoms with E-state index in [1.807, 2.05) is 0 Å². The second-order valence-electron chi connectivity index (χ2n) is 7.72. The van der Waals surface area contributed by atoms with Crippen LogP contribution < -0.4 is 20.4 Å². The van der Waals surface area contributed by atoms with Crippen LogP contribution in [0.1, 0.15) is 19.3 Å². The highest BCUT2D eigenvalue weighted by Gasteiger charge is 2.47. The molecule has 162 valence electrons. The van der Waals surface area contributed by atoms with Gasteiger partial charge in [0.15, 0.2) is 0 Å². The molecule has 2 fully saturated rings. The van der Waals surface area contributed by atoms with Crippen molar-refractivity contribution in [3.8, 4) is 5.75 Å². The number of nitrogens with one attached hydrogen (secondary N) is 2. The quantitative estimate of drug-likeness (QED) is 0.571. The Morgan fingerprint density at radius 3 is 2.35 bits per heavy atom. The Balaban J connectivity index is 1.36. The molecule has 2 saturated heterocycles. The smallest absolute Gasteiger partial charge is 0.343 e. The number of nitro groups is 1. The Hall–Kier alpha value is -3.66. The van der Waals surface area contributed by atoms with E-state index >= 15 is 0 Å². The summed E-state index contributed by atoms with van der Waals surface area (Å²) in [4.78, 5) is 37.7. The number of amides is 3. The van der Waals surface area contributed by atoms with Crippen molar-refractivity contribution < 1.29 is 19.2 Å². The minimum atomic E-state index is -0.523. The first-order valence-electron chi connectivity index (χ1n) is 9.94. The third-order valence-electron chi connectivity index (χ3n) is 5.78. The molecule has 1 spiro atoms. The number of rotatable bonds is 4. The van der Waals surface area contributed by atoms with Gasteiger partial charge in [-0.25, -0.2) is 10.2 Å². The van der Waals surface area contributed by atoms with Crippen LogP contribution in [-0.4, -0.2) is 47.6 Å². The number of hydrogen-bond acceptors (Lipinski definition) is 7. The number of anilines is 2. The van der Waals surface area contributed by atoms with Gasteiger partial charge in [0.25, 0.3) is 5.69 Å². The molecule has 0 atom stereocenters. The van der Waals surface area contributed by atoms with E-state index in [4.69, 9.17) is 4.74 Å². The Morgan fingerprint density at radius 2 is 1.77 bits per heavy atom. The molecule has 0 unspecified atom stereocenters. The molecule has 3 amide bonds. The molecular formula is C21H23N5O5. The largest absolute Gasteiger partial charge is 0.497 e. The highest BCUT2D eigenvalue weighted by atomic mass is 16.6. The number of benzene rings is 2. The van der Waals surface area contributed by atoms with Crippen LogP contribution in [0, 0.1) is 10.1 Å². The first-order chi connectivity index (χ1) is 14.9. The molecule has 0 saturated carbocycles. The summed E-state index contributed by atoms with van der Waals surface area (Å²) in [5, 5.41) is 14.6. The SMILES string of the molecule is COc1ccc(NC(=O)N2NC3(CCN(c4ccc([N+](=O)[O-])cc4)CC3)CC2=O)cc1. The van der Waals surface area contributed by atoms with Crippen molar-refractivity contribution in [1.29, 1.82) is 0 Å². The van der Waals surface area contributed by atoms with E-state index in [2.05, 4.69) is 15.6 Å². The number of carbonyl (C=O) groups is 2. The standard InChI is InChI=1S/C21H23N5O5/c1-31-18-8-2-15(3-9-18)22-20(28)25-19(27)14-21(23-25)10-12-24(13-11-21)16-4-6-17(7-5-16)26(29)30/h2-9,23H,10-14H2,1H3,(H,22,28). The van der Waals surface area contributed by atoms with Crippen molar-refractivity contribution >= 4 is 29.0 Å². The number of hydrogen-bond donors (Lipinski definition) is 2. The molecule has 0 radical (unpaired) electrons. The lowest BCUT2D eigenvalue weighted by molar-refractivity contribution is -0.384. The van der Waals surface area contributed by atoms with E-state index < -0.39 is 16.5 Å². The summed E-state index contributed by atoms with van der Waals surface area (Å²) in [7, 11) is 1.56.